The van der Waals surface area contributed by atoms with Gasteiger partial charge >= 0.3 is 0 Å². The normalized spacial score (nSPS) is 18.9. The summed E-state index contributed by atoms with van der Waals surface area (Å²) in [5, 5.41) is 0. The van der Waals surface area contributed by atoms with Gasteiger partial charge in [0.2, 0.25) is 5.88 Å². The fourth-order valence-electron chi connectivity index (χ4n) is 3.91. The molecule has 32 heavy (non-hydrogen) atoms. The molecule has 7 heteroatoms. The number of methoxy groups -OCH3 is 1. The standard InChI is InChI=1S/C25H25N3O4/c1-24(2,29-3)14-30-18-12-20-22(27-13-18)32-21-10-9-17(16-7-5-4-6-8-16)11-19(21)25(20)15-31-23(26)28-25/h4-13H,14-15H2,1-3H3,(H2,26,28)/t25-/m1/s1. The maximum absolute atomic E-state index is 6.15. The van der Waals surface area contributed by atoms with Gasteiger partial charge in [-0.1, -0.05) is 36.4 Å². The highest BCUT2D eigenvalue weighted by Gasteiger charge is 2.48. The van der Waals surface area contributed by atoms with E-state index in [-0.39, 0.29) is 12.6 Å². The number of ether oxygens (including phenoxy) is 4. The van der Waals surface area contributed by atoms with Crippen molar-refractivity contribution in [3.63, 3.8) is 0 Å². The van der Waals surface area contributed by atoms with Gasteiger partial charge in [0, 0.05) is 12.7 Å². The van der Waals surface area contributed by atoms with Crippen molar-refractivity contribution < 1.29 is 18.9 Å². The van der Waals surface area contributed by atoms with Crippen molar-refractivity contribution in [2.75, 3.05) is 20.3 Å². The number of hydrogen-bond acceptors (Lipinski definition) is 7. The van der Waals surface area contributed by atoms with Gasteiger partial charge in [-0.25, -0.2) is 9.98 Å². The quantitative estimate of drug-likeness (QED) is 0.650. The number of aromatic nitrogens is 1. The Morgan fingerprint density at radius 3 is 2.59 bits per heavy atom. The van der Waals surface area contributed by atoms with E-state index < -0.39 is 11.1 Å². The van der Waals surface area contributed by atoms with Gasteiger partial charge in [0.05, 0.1) is 17.4 Å². The Morgan fingerprint density at radius 2 is 1.88 bits per heavy atom. The zero-order valence-corrected chi connectivity index (χ0v) is 18.3. The molecule has 0 saturated heterocycles. The predicted molar refractivity (Wildman–Crippen MR) is 121 cm³/mol. The van der Waals surface area contributed by atoms with Crippen LogP contribution < -0.4 is 15.2 Å². The second kappa shape index (κ2) is 7.53. The van der Waals surface area contributed by atoms with E-state index in [0.29, 0.717) is 24.0 Å². The summed E-state index contributed by atoms with van der Waals surface area (Å²) < 4.78 is 23.2. The van der Waals surface area contributed by atoms with E-state index >= 15 is 0 Å². The van der Waals surface area contributed by atoms with E-state index in [1.54, 1.807) is 13.3 Å². The maximum atomic E-state index is 6.15. The van der Waals surface area contributed by atoms with Gasteiger partial charge in [-0.05, 0) is 43.2 Å². The topological polar surface area (TPSA) is 88.2 Å². The van der Waals surface area contributed by atoms with Crippen molar-refractivity contribution in [1.82, 2.24) is 4.98 Å². The van der Waals surface area contributed by atoms with Crippen molar-refractivity contribution in [1.29, 1.82) is 0 Å². The Morgan fingerprint density at radius 1 is 1.06 bits per heavy atom. The zero-order chi connectivity index (χ0) is 22.3. The molecular formula is C25H25N3O4. The first kappa shape index (κ1) is 20.3. The average Bonchev–Trinajstić information content (AvgIpc) is 3.21. The number of pyridine rings is 1. The zero-order valence-electron chi connectivity index (χ0n) is 18.3. The van der Waals surface area contributed by atoms with Crippen molar-refractivity contribution in [3.05, 3.63) is 71.9 Å². The smallest absolute Gasteiger partial charge is 0.283 e. The fourth-order valence-corrected chi connectivity index (χ4v) is 3.91. The van der Waals surface area contributed by atoms with Crippen molar-refractivity contribution in [3.8, 4) is 28.5 Å². The summed E-state index contributed by atoms with van der Waals surface area (Å²) in [6, 6.07) is 18.3. The highest BCUT2D eigenvalue weighted by atomic mass is 16.5. The van der Waals surface area contributed by atoms with E-state index in [0.717, 1.165) is 22.3 Å². The molecule has 0 bridgehead atoms. The Hall–Kier alpha value is -3.58. The second-order valence-corrected chi connectivity index (χ2v) is 8.55. The minimum absolute atomic E-state index is 0.140. The van der Waals surface area contributed by atoms with Gasteiger partial charge in [-0.3, -0.25) is 0 Å². The van der Waals surface area contributed by atoms with Gasteiger partial charge in [-0.15, -0.1) is 0 Å². The largest absolute Gasteiger partial charge is 0.489 e. The SMILES string of the molecule is COC(C)(C)COc1cnc2c(c1)[C@@]1(COC(N)=N1)c1cc(-c3ccccc3)ccc1O2. The fraction of sp³-hybridized carbons (Fsp3) is 0.280. The summed E-state index contributed by atoms with van der Waals surface area (Å²) in [5.74, 6) is 1.74. The molecule has 2 aromatic carbocycles. The molecule has 1 aromatic heterocycles. The molecule has 0 radical (unpaired) electrons. The first-order valence-electron chi connectivity index (χ1n) is 10.4. The first-order valence-corrected chi connectivity index (χ1v) is 10.4. The van der Waals surface area contributed by atoms with Gasteiger partial charge in [-0.2, -0.15) is 0 Å². The number of rotatable bonds is 5. The van der Waals surface area contributed by atoms with E-state index in [9.17, 15) is 0 Å². The maximum Gasteiger partial charge on any atom is 0.283 e. The highest BCUT2D eigenvalue weighted by molar-refractivity contribution is 5.77. The molecule has 1 atom stereocenters. The summed E-state index contributed by atoms with van der Waals surface area (Å²) in [4.78, 5) is 9.25. The van der Waals surface area contributed by atoms with Crippen LogP contribution in [0.4, 0.5) is 0 Å². The van der Waals surface area contributed by atoms with Gasteiger partial charge in [0.25, 0.3) is 6.02 Å². The molecule has 2 aliphatic rings. The Balaban J connectivity index is 1.60. The number of benzene rings is 2. The lowest BCUT2D eigenvalue weighted by Gasteiger charge is -2.33. The van der Waals surface area contributed by atoms with Crippen LogP contribution in [0.2, 0.25) is 0 Å². The van der Waals surface area contributed by atoms with E-state index in [1.165, 1.54) is 0 Å². The Labute approximate surface area is 186 Å². The van der Waals surface area contributed by atoms with Crippen LogP contribution in [0.3, 0.4) is 0 Å². The molecule has 0 amide bonds. The lowest BCUT2D eigenvalue weighted by molar-refractivity contribution is -0.0148. The van der Waals surface area contributed by atoms with Gasteiger partial charge in [0.1, 0.15) is 24.7 Å². The number of nitrogens with two attached hydrogens (primary N) is 1. The van der Waals surface area contributed by atoms with E-state index in [4.69, 9.17) is 29.7 Å². The van der Waals surface area contributed by atoms with Crippen LogP contribution in [-0.4, -0.2) is 36.9 Å². The van der Waals surface area contributed by atoms with Crippen molar-refractivity contribution in [2.24, 2.45) is 10.7 Å². The second-order valence-electron chi connectivity index (χ2n) is 8.55. The molecule has 0 unspecified atom stereocenters. The van der Waals surface area contributed by atoms with Crippen LogP contribution in [-0.2, 0) is 15.0 Å². The number of nitrogens with zero attached hydrogens (tertiary/aromatic N) is 2. The molecule has 2 aliphatic heterocycles. The van der Waals surface area contributed by atoms with Gasteiger partial charge in [0.15, 0.2) is 5.54 Å². The molecular weight excluding hydrogens is 406 g/mol. The van der Waals surface area contributed by atoms with Crippen LogP contribution >= 0.6 is 0 Å². The summed E-state index contributed by atoms with van der Waals surface area (Å²) in [5.41, 5.74) is 8.49. The average molecular weight is 431 g/mol. The number of amidine groups is 1. The number of hydrogen-bond donors (Lipinski definition) is 1. The summed E-state index contributed by atoms with van der Waals surface area (Å²) in [6.45, 7) is 4.55. The number of aliphatic imine (C=N–C) groups is 1. The van der Waals surface area contributed by atoms with E-state index in [2.05, 4.69) is 23.2 Å². The van der Waals surface area contributed by atoms with Gasteiger partial charge < -0.3 is 24.7 Å². The third kappa shape index (κ3) is 3.44. The summed E-state index contributed by atoms with van der Waals surface area (Å²) in [7, 11) is 1.66. The van der Waals surface area contributed by atoms with Crippen LogP contribution in [0.5, 0.6) is 17.4 Å². The van der Waals surface area contributed by atoms with Crippen LogP contribution in [0.15, 0.2) is 65.8 Å². The molecule has 3 heterocycles. The van der Waals surface area contributed by atoms with Crippen LogP contribution in [0, 0.1) is 0 Å². The summed E-state index contributed by atoms with van der Waals surface area (Å²) >= 11 is 0. The lowest BCUT2D eigenvalue weighted by atomic mass is 9.81. The van der Waals surface area contributed by atoms with Crippen LogP contribution in [0.25, 0.3) is 11.1 Å². The third-order valence-corrected chi connectivity index (χ3v) is 5.88. The lowest BCUT2D eigenvalue weighted by Crippen LogP contribution is -2.32. The molecule has 0 saturated carbocycles. The molecule has 2 N–H and O–H groups in total. The molecule has 5 rings (SSSR count). The predicted octanol–water partition coefficient (Wildman–Crippen LogP) is 4.25. The molecule has 1 spiro atoms. The molecule has 0 aliphatic carbocycles. The number of fused-ring (bicyclic) bond motifs is 4. The Kier molecular flexibility index (Phi) is 4.78. The minimum atomic E-state index is -0.860. The van der Waals surface area contributed by atoms with Crippen LogP contribution in [0.1, 0.15) is 25.0 Å². The monoisotopic (exact) mass is 431 g/mol. The molecule has 0 fully saturated rings. The minimum Gasteiger partial charge on any atom is -0.489 e. The molecule has 7 nitrogen and oxygen atoms in total. The molecule has 3 aromatic rings. The Bertz CT molecular complexity index is 1190. The van der Waals surface area contributed by atoms with Crippen molar-refractivity contribution >= 4 is 6.02 Å². The third-order valence-electron chi connectivity index (χ3n) is 5.88. The molecule has 164 valence electrons. The highest BCUT2D eigenvalue weighted by Crippen LogP contribution is 2.51. The van der Waals surface area contributed by atoms with E-state index in [1.807, 2.05) is 50.2 Å². The summed E-state index contributed by atoms with van der Waals surface area (Å²) in [6.07, 6.45) is 1.64. The van der Waals surface area contributed by atoms with Crippen molar-refractivity contribution in [2.45, 2.75) is 25.0 Å². The first-order chi connectivity index (χ1) is 15.4.